The van der Waals surface area contributed by atoms with Crippen molar-refractivity contribution in [3.8, 4) is 23.0 Å². The Morgan fingerprint density at radius 1 is 1.03 bits per heavy atom. The van der Waals surface area contributed by atoms with Crippen LogP contribution in [0.4, 0.5) is 0 Å². The molecule has 7 nitrogen and oxygen atoms in total. The van der Waals surface area contributed by atoms with Gasteiger partial charge < -0.3 is 18.8 Å². The normalized spacial score (nSPS) is 10.6. The molecule has 29 heavy (non-hydrogen) atoms. The summed E-state index contributed by atoms with van der Waals surface area (Å²) in [5.41, 5.74) is 1.96. The first-order valence-corrected chi connectivity index (χ1v) is 9.43. The summed E-state index contributed by atoms with van der Waals surface area (Å²) >= 11 is 0. The Bertz CT molecular complexity index is 940. The number of methoxy groups -OCH3 is 2. The van der Waals surface area contributed by atoms with E-state index in [0.29, 0.717) is 29.7 Å². The lowest BCUT2D eigenvalue weighted by molar-refractivity contribution is -0.130. The minimum Gasteiger partial charge on any atom is -0.493 e. The van der Waals surface area contributed by atoms with Crippen LogP contribution in [0.25, 0.3) is 11.5 Å². The number of hydrogen-bond acceptors (Lipinski definition) is 6. The van der Waals surface area contributed by atoms with E-state index in [1.807, 2.05) is 24.3 Å². The number of nitrogens with zero attached hydrogens (tertiary/aromatic N) is 3. The second-order valence-electron chi connectivity index (χ2n) is 6.66. The number of carbonyl (C=O) groups is 1. The van der Waals surface area contributed by atoms with E-state index < -0.39 is 0 Å². The van der Waals surface area contributed by atoms with Crippen LogP contribution >= 0.6 is 0 Å². The van der Waals surface area contributed by atoms with Gasteiger partial charge in [-0.15, -0.1) is 10.2 Å². The van der Waals surface area contributed by atoms with E-state index in [2.05, 4.69) is 22.3 Å². The van der Waals surface area contributed by atoms with Crippen molar-refractivity contribution >= 4 is 5.91 Å². The van der Waals surface area contributed by atoms with Gasteiger partial charge in [0.15, 0.2) is 11.5 Å². The molecule has 1 aromatic heterocycles. The van der Waals surface area contributed by atoms with E-state index >= 15 is 0 Å². The van der Waals surface area contributed by atoms with E-state index in [1.165, 1.54) is 5.56 Å². The molecule has 7 heteroatoms. The number of ether oxygens (including phenoxy) is 2. The number of amides is 1. The lowest BCUT2D eigenvalue weighted by Crippen LogP contribution is -2.26. The summed E-state index contributed by atoms with van der Waals surface area (Å²) in [4.78, 5) is 14.0. The van der Waals surface area contributed by atoms with Crippen LogP contribution < -0.4 is 9.47 Å². The van der Waals surface area contributed by atoms with Crippen molar-refractivity contribution < 1.29 is 18.7 Å². The molecule has 152 valence electrons. The molecule has 0 aliphatic rings. The van der Waals surface area contributed by atoms with Crippen LogP contribution in [0.2, 0.25) is 0 Å². The second-order valence-corrected chi connectivity index (χ2v) is 6.66. The number of aryl methyl sites for hydroxylation is 1. The highest BCUT2D eigenvalue weighted by Gasteiger charge is 2.16. The van der Waals surface area contributed by atoms with Crippen molar-refractivity contribution in [3.05, 3.63) is 60.0 Å². The van der Waals surface area contributed by atoms with E-state index in [4.69, 9.17) is 13.9 Å². The van der Waals surface area contributed by atoms with E-state index in [-0.39, 0.29) is 12.5 Å². The zero-order valence-electron chi connectivity index (χ0n) is 16.9. The summed E-state index contributed by atoms with van der Waals surface area (Å²) in [5.74, 6) is 2.00. The number of aromatic nitrogens is 2. The predicted octanol–water partition coefficient (Wildman–Crippen LogP) is 3.74. The largest absolute Gasteiger partial charge is 0.493 e. The summed E-state index contributed by atoms with van der Waals surface area (Å²) in [6.45, 7) is 0.268. The Kier molecular flexibility index (Phi) is 6.84. The van der Waals surface area contributed by atoms with Crippen molar-refractivity contribution in [2.24, 2.45) is 0 Å². The maximum atomic E-state index is 12.4. The van der Waals surface area contributed by atoms with Gasteiger partial charge in [-0.2, -0.15) is 0 Å². The van der Waals surface area contributed by atoms with Crippen LogP contribution in [0, 0.1) is 0 Å². The number of hydrogen-bond donors (Lipinski definition) is 0. The summed E-state index contributed by atoms with van der Waals surface area (Å²) in [6, 6.07) is 15.5. The third-order valence-corrected chi connectivity index (χ3v) is 4.59. The molecule has 0 unspecified atom stereocenters. The highest BCUT2D eigenvalue weighted by Crippen LogP contribution is 2.31. The molecular weight excluding hydrogens is 370 g/mol. The van der Waals surface area contributed by atoms with Crippen LogP contribution in [0.1, 0.15) is 24.3 Å². The molecule has 0 aliphatic carbocycles. The predicted molar refractivity (Wildman–Crippen MR) is 109 cm³/mol. The van der Waals surface area contributed by atoms with Gasteiger partial charge in [0.05, 0.1) is 20.8 Å². The summed E-state index contributed by atoms with van der Waals surface area (Å²) in [5, 5.41) is 8.14. The molecule has 2 aromatic carbocycles. The lowest BCUT2D eigenvalue weighted by Gasteiger charge is -2.14. The Morgan fingerprint density at radius 2 is 1.79 bits per heavy atom. The second kappa shape index (κ2) is 9.73. The Hall–Kier alpha value is -3.35. The minimum absolute atomic E-state index is 0.0480. The molecule has 0 saturated carbocycles. The van der Waals surface area contributed by atoms with Gasteiger partial charge in [-0.25, -0.2) is 0 Å². The van der Waals surface area contributed by atoms with Gasteiger partial charge in [-0.3, -0.25) is 4.79 Å². The van der Waals surface area contributed by atoms with Crippen LogP contribution in [0.15, 0.2) is 52.9 Å². The molecule has 1 heterocycles. The third-order valence-electron chi connectivity index (χ3n) is 4.59. The SMILES string of the molecule is COc1ccc(-c2nnc(CN(C)C(=O)CCCc3ccccc3)o2)cc1OC. The molecule has 0 spiro atoms. The average molecular weight is 395 g/mol. The van der Waals surface area contributed by atoms with Gasteiger partial charge in [0.2, 0.25) is 17.7 Å². The van der Waals surface area contributed by atoms with Gasteiger partial charge in [-0.1, -0.05) is 30.3 Å². The Morgan fingerprint density at radius 3 is 2.52 bits per heavy atom. The first-order valence-electron chi connectivity index (χ1n) is 9.43. The smallest absolute Gasteiger partial charge is 0.247 e. The van der Waals surface area contributed by atoms with Crippen LogP contribution in [-0.2, 0) is 17.8 Å². The number of carbonyl (C=O) groups excluding carboxylic acids is 1. The molecule has 0 fully saturated rings. The molecule has 3 aromatic rings. The molecule has 0 N–H and O–H groups in total. The average Bonchev–Trinajstić information content (AvgIpc) is 3.22. The topological polar surface area (TPSA) is 77.7 Å². The Balaban J connectivity index is 1.55. The third kappa shape index (κ3) is 5.34. The fourth-order valence-electron chi connectivity index (χ4n) is 2.97. The van der Waals surface area contributed by atoms with Crippen LogP contribution in [0.3, 0.4) is 0 Å². The molecule has 0 bridgehead atoms. The number of rotatable bonds is 9. The monoisotopic (exact) mass is 395 g/mol. The molecule has 3 rings (SSSR count). The van der Waals surface area contributed by atoms with Gasteiger partial charge in [0, 0.05) is 19.0 Å². The standard InChI is InChI=1S/C22H25N3O4/c1-25(21(26)11-7-10-16-8-5-4-6-9-16)15-20-23-24-22(29-20)17-12-13-18(27-2)19(14-17)28-3/h4-6,8-9,12-14H,7,10-11,15H2,1-3H3. The fraction of sp³-hybridized carbons (Fsp3) is 0.318. The van der Waals surface area contributed by atoms with Crippen molar-refractivity contribution in [2.75, 3.05) is 21.3 Å². The zero-order chi connectivity index (χ0) is 20.6. The summed E-state index contributed by atoms with van der Waals surface area (Å²) in [7, 11) is 4.89. The quantitative estimate of drug-likeness (QED) is 0.549. The van der Waals surface area contributed by atoms with Crippen molar-refractivity contribution in [3.63, 3.8) is 0 Å². The number of benzene rings is 2. The van der Waals surface area contributed by atoms with Gasteiger partial charge in [-0.05, 0) is 36.6 Å². The van der Waals surface area contributed by atoms with Crippen molar-refractivity contribution in [2.45, 2.75) is 25.8 Å². The molecule has 0 aliphatic heterocycles. The molecule has 1 amide bonds. The lowest BCUT2D eigenvalue weighted by atomic mass is 10.1. The van der Waals surface area contributed by atoms with Gasteiger partial charge in [0.1, 0.15) is 0 Å². The maximum Gasteiger partial charge on any atom is 0.247 e. The van der Waals surface area contributed by atoms with Gasteiger partial charge >= 0.3 is 0 Å². The maximum absolute atomic E-state index is 12.4. The first-order chi connectivity index (χ1) is 14.1. The van der Waals surface area contributed by atoms with E-state index in [0.717, 1.165) is 18.4 Å². The zero-order valence-corrected chi connectivity index (χ0v) is 16.9. The highest BCUT2D eigenvalue weighted by atomic mass is 16.5. The molecular formula is C22H25N3O4. The van der Waals surface area contributed by atoms with Crippen LogP contribution in [0.5, 0.6) is 11.5 Å². The van der Waals surface area contributed by atoms with Crippen LogP contribution in [-0.4, -0.2) is 42.3 Å². The van der Waals surface area contributed by atoms with Gasteiger partial charge in [0.25, 0.3) is 0 Å². The minimum atomic E-state index is 0.0480. The molecule has 0 saturated heterocycles. The van der Waals surface area contributed by atoms with Crippen molar-refractivity contribution in [1.29, 1.82) is 0 Å². The molecule has 0 atom stereocenters. The van der Waals surface area contributed by atoms with E-state index in [9.17, 15) is 4.79 Å². The fourth-order valence-corrected chi connectivity index (χ4v) is 2.97. The highest BCUT2D eigenvalue weighted by molar-refractivity contribution is 5.75. The summed E-state index contributed by atoms with van der Waals surface area (Å²) in [6.07, 6.45) is 2.15. The van der Waals surface area contributed by atoms with Crippen molar-refractivity contribution in [1.82, 2.24) is 15.1 Å². The summed E-state index contributed by atoms with van der Waals surface area (Å²) < 4.78 is 16.3. The Labute approximate surface area is 170 Å². The first kappa shape index (κ1) is 20.4. The van der Waals surface area contributed by atoms with E-state index in [1.54, 1.807) is 38.3 Å². The molecule has 0 radical (unpaired) electrons.